The molecule has 1 aromatic carbocycles. The molecule has 1 aliphatic carbocycles. The number of esters is 1. The zero-order chi connectivity index (χ0) is 17.2. The second kappa shape index (κ2) is 6.88. The molecule has 0 N–H and O–H groups in total. The first-order valence-corrected chi connectivity index (χ1v) is 9.26. The van der Waals surface area contributed by atoms with Crippen LogP contribution in [0.2, 0.25) is 0 Å². The minimum Gasteiger partial charge on any atom is -0.486 e. The molecule has 0 saturated heterocycles. The Kier molecular flexibility index (Phi) is 4.44. The van der Waals surface area contributed by atoms with Crippen LogP contribution in [-0.2, 0) is 9.53 Å². The van der Waals surface area contributed by atoms with E-state index >= 15 is 0 Å². The summed E-state index contributed by atoms with van der Waals surface area (Å²) in [5.74, 6) is 1.06. The number of thiophene rings is 1. The maximum atomic E-state index is 12.3. The summed E-state index contributed by atoms with van der Waals surface area (Å²) in [4.78, 5) is 25.6. The Morgan fingerprint density at radius 2 is 1.92 bits per heavy atom. The van der Waals surface area contributed by atoms with Crippen LogP contribution in [0, 0.1) is 0 Å². The lowest BCUT2D eigenvalue weighted by Gasteiger charge is -2.20. The number of ether oxygens (including phenoxy) is 3. The Hall–Kier alpha value is -2.34. The summed E-state index contributed by atoms with van der Waals surface area (Å²) in [6.45, 7) is 1.09. The first kappa shape index (κ1) is 16.1. The quantitative estimate of drug-likeness (QED) is 0.780. The van der Waals surface area contributed by atoms with Crippen LogP contribution in [0.25, 0.3) is 10.4 Å². The maximum absolute atomic E-state index is 12.3. The van der Waals surface area contributed by atoms with Gasteiger partial charge in [0.15, 0.2) is 23.4 Å². The number of ketones is 1. The number of hydrogen-bond donors (Lipinski definition) is 0. The van der Waals surface area contributed by atoms with Gasteiger partial charge in [0.1, 0.15) is 18.1 Å². The summed E-state index contributed by atoms with van der Waals surface area (Å²) in [6.07, 6.45) is 2.37. The van der Waals surface area contributed by atoms with Gasteiger partial charge in [-0.2, -0.15) is 0 Å². The van der Waals surface area contributed by atoms with Crippen LogP contribution in [0.5, 0.6) is 11.5 Å². The first-order chi connectivity index (χ1) is 12.2. The molecule has 1 aliphatic heterocycles. The minimum atomic E-state index is -0.582. The van der Waals surface area contributed by atoms with E-state index in [1.807, 2.05) is 24.3 Å². The lowest BCUT2D eigenvalue weighted by atomic mass is 9.96. The van der Waals surface area contributed by atoms with Crippen molar-refractivity contribution in [1.29, 1.82) is 0 Å². The van der Waals surface area contributed by atoms with E-state index in [0.717, 1.165) is 29.0 Å². The third kappa shape index (κ3) is 3.39. The van der Waals surface area contributed by atoms with Gasteiger partial charge in [0.25, 0.3) is 0 Å². The normalized spacial score (nSPS) is 19.5. The number of Topliss-reactive ketones (excluding diaryl/α,β-unsaturated/α-hetero) is 1. The highest BCUT2D eigenvalue weighted by molar-refractivity contribution is 7.17. The van der Waals surface area contributed by atoms with Crippen LogP contribution in [0.1, 0.15) is 35.4 Å². The van der Waals surface area contributed by atoms with Crippen LogP contribution >= 0.6 is 11.3 Å². The average Bonchev–Trinajstić information content (AvgIpc) is 3.13. The SMILES string of the molecule is O=C(OC1CCCCC1=O)c1ccc(-c2ccc3c(c2)OCCO3)s1. The Labute approximate surface area is 149 Å². The fourth-order valence-corrected chi connectivity index (χ4v) is 3.95. The molecule has 0 radical (unpaired) electrons. The van der Waals surface area contributed by atoms with Gasteiger partial charge in [-0.15, -0.1) is 11.3 Å². The predicted molar refractivity (Wildman–Crippen MR) is 93.4 cm³/mol. The second-order valence-electron chi connectivity index (χ2n) is 6.13. The first-order valence-electron chi connectivity index (χ1n) is 8.44. The highest BCUT2D eigenvalue weighted by Crippen LogP contribution is 2.37. The van der Waals surface area contributed by atoms with Gasteiger partial charge in [-0.25, -0.2) is 4.79 Å². The van der Waals surface area contributed by atoms with Gasteiger partial charge in [-0.3, -0.25) is 4.79 Å². The van der Waals surface area contributed by atoms with Crippen molar-refractivity contribution in [3.05, 3.63) is 35.2 Å². The van der Waals surface area contributed by atoms with Crippen LogP contribution in [0.3, 0.4) is 0 Å². The van der Waals surface area contributed by atoms with Crippen molar-refractivity contribution in [2.75, 3.05) is 13.2 Å². The summed E-state index contributed by atoms with van der Waals surface area (Å²) in [5, 5.41) is 0. The van der Waals surface area contributed by atoms with Crippen LogP contribution in [-0.4, -0.2) is 31.1 Å². The molecule has 1 aromatic heterocycles. The van der Waals surface area contributed by atoms with Crippen molar-refractivity contribution in [3.8, 4) is 21.9 Å². The molecule has 2 heterocycles. The molecule has 25 heavy (non-hydrogen) atoms. The Morgan fingerprint density at radius 3 is 2.76 bits per heavy atom. The van der Waals surface area contributed by atoms with Gasteiger partial charge >= 0.3 is 5.97 Å². The summed E-state index contributed by atoms with van der Waals surface area (Å²) >= 11 is 1.35. The summed E-state index contributed by atoms with van der Waals surface area (Å²) in [6, 6.07) is 9.36. The average molecular weight is 358 g/mol. The smallest absolute Gasteiger partial charge is 0.349 e. The van der Waals surface area contributed by atoms with Crippen molar-refractivity contribution in [2.45, 2.75) is 31.8 Å². The minimum absolute atomic E-state index is 0.0308. The molecule has 1 atom stereocenters. The van der Waals surface area contributed by atoms with E-state index in [2.05, 4.69) is 0 Å². The molecule has 0 bridgehead atoms. The van der Waals surface area contributed by atoms with E-state index in [1.165, 1.54) is 11.3 Å². The molecule has 1 unspecified atom stereocenters. The second-order valence-corrected chi connectivity index (χ2v) is 7.21. The van der Waals surface area contributed by atoms with Crippen LogP contribution in [0.15, 0.2) is 30.3 Å². The van der Waals surface area contributed by atoms with Crippen molar-refractivity contribution < 1.29 is 23.8 Å². The standard InChI is InChI=1S/C19H18O5S/c20-13-3-1-2-4-14(13)24-19(21)18-8-7-17(25-18)12-5-6-15-16(11-12)23-10-9-22-15/h5-8,11,14H,1-4,9-10H2. The highest BCUT2D eigenvalue weighted by atomic mass is 32.1. The molecule has 0 spiro atoms. The van der Waals surface area contributed by atoms with E-state index in [9.17, 15) is 9.59 Å². The number of hydrogen-bond acceptors (Lipinski definition) is 6. The van der Waals surface area contributed by atoms with Gasteiger partial charge in [-0.05, 0) is 55.2 Å². The number of carbonyl (C=O) groups is 2. The monoisotopic (exact) mass is 358 g/mol. The van der Waals surface area contributed by atoms with Crippen molar-refractivity contribution in [3.63, 3.8) is 0 Å². The molecule has 2 aliphatic rings. The van der Waals surface area contributed by atoms with Gasteiger partial charge in [0.2, 0.25) is 0 Å². The molecule has 1 fully saturated rings. The summed E-state index contributed by atoms with van der Waals surface area (Å²) < 4.78 is 16.5. The zero-order valence-electron chi connectivity index (χ0n) is 13.7. The van der Waals surface area contributed by atoms with E-state index in [0.29, 0.717) is 36.7 Å². The van der Waals surface area contributed by atoms with E-state index < -0.39 is 12.1 Å². The van der Waals surface area contributed by atoms with Gasteiger partial charge < -0.3 is 14.2 Å². The number of carbonyl (C=O) groups excluding carboxylic acids is 2. The van der Waals surface area contributed by atoms with Crippen molar-refractivity contribution in [1.82, 2.24) is 0 Å². The van der Waals surface area contributed by atoms with E-state index in [4.69, 9.17) is 14.2 Å². The lowest BCUT2D eigenvalue weighted by molar-refractivity contribution is -0.129. The van der Waals surface area contributed by atoms with Gasteiger partial charge in [0, 0.05) is 11.3 Å². The Balaban J connectivity index is 1.50. The molecule has 1 saturated carbocycles. The largest absolute Gasteiger partial charge is 0.486 e. The molecule has 4 rings (SSSR count). The molecule has 0 amide bonds. The van der Waals surface area contributed by atoms with Crippen molar-refractivity contribution >= 4 is 23.1 Å². The molecular formula is C19H18O5S. The molecular weight excluding hydrogens is 340 g/mol. The third-order valence-corrected chi connectivity index (χ3v) is 5.50. The molecule has 130 valence electrons. The fraction of sp³-hybridized carbons (Fsp3) is 0.368. The van der Waals surface area contributed by atoms with Crippen molar-refractivity contribution in [2.24, 2.45) is 0 Å². The van der Waals surface area contributed by atoms with Crippen LogP contribution < -0.4 is 9.47 Å². The highest BCUT2D eigenvalue weighted by Gasteiger charge is 2.27. The van der Waals surface area contributed by atoms with Gasteiger partial charge in [-0.1, -0.05) is 0 Å². The van der Waals surface area contributed by atoms with E-state index in [1.54, 1.807) is 6.07 Å². The summed E-state index contributed by atoms with van der Waals surface area (Å²) in [7, 11) is 0. The Bertz CT molecular complexity index is 810. The molecule has 6 heteroatoms. The zero-order valence-corrected chi connectivity index (χ0v) is 14.5. The predicted octanol–water partition coefficient (Wildman–Crippen LogP) is 3.85. The lowest BCUT2D eigenvalue weighted by Crippen LogP contribution is -2.29. The molecule has 5 nitrogen and oxygen atoms in total. The van der Waals surface area contributed by atoms with E-state index in [-0.39, 0.29) is 5.78 Å². The number of fused-ring (bicyclic) bond motifs is 1. The number of rotatable bonds is 3. The Morgan fingerprint density at radius 1 is 1.08 bits per heavy atom. The molecule has 2 aromatic rings. The fourth-order valence-electron chi connectivity index (χ4n) is 3.06. The maximum Gasteiger partial charge on any atom is 0.349 e. The van der Waals surface area contributed by atoms with Gasteiger partial charge in [0.05, 0.1) is 0 Å². The van der Waals surface area contributed by atoms with Crippen LogP contribution in [0.4, 0.5) is 0 Å². The number of benzene rings is 1. The summed E-state index contributed by atoms with van der Waals surface area (Å²) in [5.41, 5.74) is 0.960. The third-order valence-electron chi connectivity index (χ3n) is 4.38. The topological polar surface area (TPSA) is 61.8 Å².